The van der Waals surface area contributed by atoms with Crippen LogP contribution in [0.2, 0.25) is 0 Å². The minimum atomic E-state index is 0.128. The largest absolute Gasteiger partial charge is 0.378 e. The summed E-state index contributed by atoms with van der Waals surface area (Å²) in [5, 5.41) is 0. The minimum absolute atomic E-state index is 0.128. The van der Waals surface area contributed by atoms with Crippen molar-refractivity contribution in [2.75, 3.05) is 26.3 Å². The third-order valence-electron chi connectivity index (χ3n) is 4.28. The Morgan fingerprint density at radius 2 is 1.45 bits per heavy atom. The van der Waals surface area contributed by atoms with Crippen molar-refractivity contribution in [3.8, 4) is 0 Å². The zero-order valence-electron chi connectivity index (χ0n) is 12.3. The van der Waals surface area contributed by atoms with Gasteiger partial charge in [-0.2, -0.15) is 0 Å². The first kappa shape index (κ1) is 13.3. The van der Waals surface area contributed by atoms with Crippen LogP contribution in [0.3, 0.4) is 0 Å². The summed E-state index contributed by atoms with van der Waals surface area (Å²) in [6, 6.07) is 17.9. The van der Waals surface area contributed by atoms with Gasteiger partial charge in [-0.15, -0.1) is 0 Å². The highest BCUT2D eigenvalue weighted by atomic mass is 16.5. The van der Waals surface area contributed by atoms with E-state index in [0.29, 0.717) is 13.2 Å². The molecule has 0 bridgehead atoms. The molecular weight excluding hydrogens is 274 g/mol. The van der Waals surface area contributed by atoms with Crippen molar-refractivity contribution in [1.29, 1.82) is 0 Å². The molecule has 1 fully saturated rings. The summed E-state index contributed by atoms with van der Waals surface area (Å²) in [5.74, 6) is 0.128. The summed E-state index contributed by atoms with van der Waals surface area (Å²) in [5.41, 5.74) is 4.74. The molecule has 3 nitrogen and oxygen atoms in total. The molecule has 1 heterocycles. The van der Waals surface area contributed by atoms with Gasteiger partial charge in [0.05, 0.1) is 24.5 Å². The van der Waals surface area contributed by atoms with Crippen LogP contribution in [0.5, 0.6) is 0 Å². The van der Waals surface area contributed by atoms with Gasteiger partial charge >= 0.3 is 0 Å². The molecule has 1 aliphatic carbocycles. The number of hydrogen-bond donors (Lipinski definition) is 0. The topological polar surface area (TPSA) is 29.5 Å². The Bertz CT molecular complexity index is 743. The molecule has 3 heteroatoms. The van der Waals surface area contributed by atoms with E-state index < -0.39 is 0 Å². The number of nitrogens with zero attached hydrogens (tertiary/aromatic N) is 1. The first-order valence-corrected chi connectivity index (χ1v) is 7.63. The van der Waals surface area contributed by atoms with E-state index in [2.05, 4.69) is 4.90 Å². The van der Waals surface area contributed by atoms with Crippen LogP contribution in [-0.2, 0) is 4.74 Å². The van der Waals surface area contributed by atoms with Crippen LogP contribution in [0.1, 0.15) is 21.5 Å². The van der Waals surface area contributed by atoms with E-state index >= 15 is 0 Å². The lowest BCUT2D eigenvalue weighted by atomic mass is 10.0. The first-order chi connectivity index (χ1) is 10.9. The van der Waals surface area contributed by atoms with Gasteiger partial charge in [0.15, 0.2) is 5.78 Å². The highest BCUT2D eigenvalue weighted by Crippen LogP contribution is 2.40. The van der Waals surface area contributed by atoms with Crippen molar-refractivity contribution < 1.29 is 9.53 Å². The molecule has 0 amide bonds. The number of morpholine rings is 1. The summed E-state index contributed by atoms with van der Waals surface area (Å²) in [6.07, 6.45) is 0. The Balaban J connectivity index is 1.91. The number of benzene rings is 2. The van der Waals surface area contributed by atoms with Gasteiger partial charge in [-0.3, -0.25) is 4.79 Å². The average molecular weight is 291 g/mol. The van der Waals surface area contributed by atoms with Crippen molar-refractivity contribution >= 4 is 17.1 Å². The van der Waals surface area contributed by atoms with Crippen LogP contribution in [-0.4, -0.2) is 37.0 Å². The zero-order valence-corrected chi connectivity index (χ0v) is 12.3. The van der Waals surface area contributed by atoms with Crippen LogP contribution in [0.4, 0.5) is 0 Å². The third-order valence-corrected chi connectivity index (χ3v) is 4.28. The maximum absolute atomic E-state index is 12.9. The Morgan fingerprint density at radius 3 is 2.18 bits per heavy atom. The molecule has 4 rings (SSSR count). The monoisotopic (exact) mass is 291 g/mol. The number of fused-ring (bicyclic) bond motifs is 1. The number of rotatable bonds is 2. The van der Waals surface area contributed by atoms with Crippen molar-refractivity contribution in [1.82, 2.24) is 4.90 Å². The number of carbonyl (C=O) groups is 1. The van der Waals surface area contributed by atoms with E-state index in [4.69, 9.17) is 4.74 Å². The molecule has 0 spiro atoms. The molecule has 110 valence electrons. The zero-order chi connectivity index (χ0) is 14.9. The van der Waals surface area contributed by atoms with Gasteiger partial charge in [0, 0.05) is 24.2 Å². The van der Waals surface area contributed by atoms with Crippen LogP contribution in [0, 0.1) is 0 Å². The van der Waals surface area contributed by atoms with Gasteiger partial charge < -0.3 is 9.64 Å². The summed E-state index contributed by atoms with van der Waals surface area (Å²) in [4.78, 5) is 15.2. The molecule has 2 aliphatic rings. The van der Waals surface area contributed by atoms with Gasteiger partial charge in [-0.05, 0) is 5.56 Å². The van der Waals surface area contributed by atoms with Gasteiger partial charge in [-0.1, -0.05) is 54.6 Å². The molecule has 0 unspecified atom stereocenters. The Kier molecular flexibility index (Phi) is 3.28. The lowest BCUT2D eigenvalue weighted by molar-refractivity contribution is 0.0641. The van der Waals surface area contributed by atoms with E-state index in [-0.39, 0.29) is 5.78 Å². The van der Waals surface area contributed by atoms with Crippen molar-refractivity contribution in [2.24, 2.45) is 0 Å². The van der Waals surface area contributed by atoms with E-state index in [1.807, 2.05) is 54.6 Å². The fourth-order valence-electron chi connectivity index (χ4n) is 3.25. The predicted molar refractivity (Wildman–Crippen MR) is 86.4 cm³/mol. The molecule has 0 saturated carbocycles. The predicted octanol–water partition coefficient (Wildman–Crippen LogP) is 3.08. The van der Waals surface area contributed by atoms with E-state index in [9.17, 15) is 4.79 Å². The van der Waals surface area contributed by atoms with Crippen LogP contribution in [0.25, 0.3) is 11.3 Å². The summed E-state index contributed by atoms with van der Waals surface area (Å²) in [7, 11) is 0. The fourth-order valence-corrected chi connectivity index (χ4v) is 3.25. The molecule has 0 N–H and O–H groups in total. The molecule has 1 aliphatic heterocycles. The quantitative estimate of drug-likeness (QED) is 0.851. The molecule has 0 radical (unpaired) electrons. The van der Waals surface area contributed by atoms with E-state index in [1.54, 1.807) is 0 Å². The van der Waals surface area contributed by atoms with Crippen molar-refractivity contribution in [2.45, 2.75) is 0 Å². The highest BCUT2D eigenvalue weighted by Gasteiger charge is 2.33. The summed E-state index contributed by atoms with van der Waals surface area (Å²) >= 11 is 0. The Morgan fingerprint density at radius 1 is 0.818 bits per heavy atom. The smallest absolute Gasteiger partial charge is 0.196 e. The molecular formula is C19H17NO2. The lowest BCUT2D eigenvalue weighted by Gasteiger charge is -2.31. The normalized spacial score (nSPS) is 17.8. The summed E-state index contributed by atoms with van der Waals surface area (Å²) in [6.45, 7) is 3.07. The number of allylic oxidation sites excluding steroid dienone is 1. The molecule has 2 aromatic carbocycles. The minimum Gasteiger partial charge on any atom is -0.378 e. The second kappa shape index (κ2) is 5.43. The second-order valence-corrected chi connectivity index (χ2v) is 5.56. The molecule has 1 saturated heterocycles. The van der Waals surface area contributed by atoms with Crippen LogP contribution in [0.15, 0.2) is 54.6 Å². The number of ketones is 1. The SMILES string of the molecule is O=C1C(c2ccccc2)=C(N2CCOCC2)c2ccccc21. The molecule has 0 atom stereocenters. The maximum Gasteiger partial charge on any atom is 0.196 e. The van der Waals surface area contributed by atoms with Gasteiger partial charge in [0.1, 0.15) is 0 Å². The molecule has 0 aromatic heterocycles. The van der Waals surface area contributed by atoms with Gasteiger partial charge in [-0.25, -0.2) is 0 Å². The number of Topliss-reactive ketones (excluding diaryl/α,β-unsaturated/α-hetero) is 1. The molecule has 2 aromatic rings. The maximum atomic E-state index is 12.9. The second-order valence-electron chi connectivity index (χ2n) is 5.56. The highest BCUT2D eigenvalue weighted by molar-refractivity contribution is 6.39. The standard InChI is InChI=1S/C19H17NO2/c21-19-16-9-5-4-8-15(16)18(20-10-12-22-13-11-20)17(19)14-6-2-1-3-7-14/h1-9H,10-13H2. The molecule has 22 heavy (non-hydrogen) atoms. The average Bonchev–Trinajstić information content (AvgIpc) is 2.90. The number of hydrogen-bond acceptors (Lipinski definition) is 3. The third kappa shape index (κ3) is 2.06. The summed E-state index contributed by atoms with van der Waals surface area (Å²) < 4.78 is 5.47. The lowest BCUT2D eigenvalue weighted by Crippen LogP contribution is -2.35. The first-order valence-electron chi connectivity index (χ1n) is 7.63. The number of carbonyl (C=O) groups excluding carboxylic acids is 1. The van der Waals surface area contributed by atoms with Crippen LogP contribution < -0.4 is 0 Å². The van der Waals surface area contributed by atoms with Crippen molar-refractivity contribution in [3.05, 3.63) is 71.3 Å². The van der Waals surface area contributed by atoms with Crippen molar-refractivity contribution in [3.63, 3.8) is 0 Å². The van der Waals surface area contributed by atoms with Gasteiger partial charge in [0.2, 0.25) is 0 Å². The van der Waals surface area contributed by atoms with E-state index in [1.165, 1.54) is 0 Å². The Labute approximate surface area is 129 Å². The van der Waals surface area contributed by atoms with Crippen LogP contribution >= 0.6 is 0 Å². The fraction of sp³-hybridized carbons (Fsp3) is 0.211. The van der Waals surface area contributed by atoms with Gasteiger partial charge in [0.25, 0.3) is 0 Å². The van der Waals surface area contributed by atoms with E-state index in [0.717, 1.165) is 41.1 Å². The number of ether oxygens (including phenoxy) is 1. The Hall–Kier alpha value is -2.39.